The highest BCUT2D eigenvalue weighted by Gasteiger charge is 2.06. The van der Waals surface area contributed by atoms with E-state index in [9.17, 15) is 4.79 Å². The summed E-state index contributed by atoms with van der Waals surface area (Å²) in [6.45, 7) is 5.53. The second-order valence-corrected chi connectivity index (χ2v) is 5.11. The van der Waals surface area contributed by atoms with Gasteiger partial charge in [0.05, 0.1) is 7.11 Å². The van der Waals surface area contributed by atoms with Gasteiger partial charge in [-0.25, -0.2) is 0 Å². The van der Waals surface area contributed by atoms with Gasteiger partial charge in [0.1, 0.15) is 5.75 Å². The number of carbonyl (C=O) groups excluding carboxylic acids is 1. The minimum Gasteiger partial charge on any atom is -0.496 e. The monoisotopic (exact) mass is 434 g/mol. The van der Waals surface area contributed by atoms with Gasteiger partial charge in [-0.15, -0.1) is 24.0 Å². The molecular weight excluding hydrogens is 407 g/mol. The minimum atomic E-state index is 0. The standard InChI is InChI=1S/C16H26N4O2.HI/c1-12(2)15(21)18-9-10-19-16(17-3)20-11-13-7-5-6-8-14(13)22-4;/h5-8,12H,9-11H2,1-4H3,(H,18,21)(H2,17,19,20);1H. The lowest BCUT2D eigenvalue weighted by atomic mass is 10.2. The van der Waals surface area contributed by atoms with Crippen LogP contribution in [-0.4, -0.2) is 39.1 Å². The lowest BCUT2D eigenvalue weighted by Crippen LogP contribution is -2.41. The molecule has 0 aromatic heterocycles. The van der Waals surface area contributed by atoms with Crippen LogP contribution in [0.4, 0.5) is 0 Å². The molecule has 0 atom stereocenters. The van der Waals surface area contributed by atoms with Crippen LogP contribution in [0.3, 0.4) is 0 Å². The average molecular weight is 434 g/mol. The molecule has 1 rings (SSSR count). The molecule has 130 valence electrons. The molecule has 0 heterocycles. The van der Waals surface area contributed by atoms with Gasteiger partial charge < -0.3 is 20.7 Å². The molecule has 0 saturated heterocycles. The third-order valence-electron chi connectivity index (χ3n) is 3.10. The Morgan fingerprint density at radius 2 is 1.83 bits per heavy atom. The van der Waals surface area contributed by atoms with Crippen LogP contribution in [0.25, 0.3) is 0 Å². The van der Waals surface area contributed by atoms with E-state index in [2.05, 4.69) is 20.9 Å². The minimum absolute atomic E-state index is 0. The van der Waals surface area contributed by atoms with Crippen molar-refractivity contribution in [1.29, 1.82) is 0 Å². The van der Waals surface area contributed by atoms with Crippen LogP contribution in [0, 0.1) is 5.92 Å². The topological polar surface area (TPSA) is 74.8 Å². The first-order chi connectivity index (χ1) is 10.6. The van der Waals surface area contributed by atoms with E-state index in [1.54, 1.807) is 14.2 Å². The molecule has 0 bridgehead atoms. The van der Waals surface area contributed by atoms with E-state index in [1.807, 2.05) is 38.1 Å². The number of benzene rings is 1. The predicted octanol–water partition coefficient (Wildman–Crippen LogP) is 1.75. The number of nitrogens with one attached hydrogen (secondary N) is 3. The molecule has 23 heavy (non-hydrogen) atoms. The zero-order chi connectivity index (χ0) is 16.4. The molecule has 0 aliphatic rings. The molecule has 0 spiro atoms. The highest BCUT2D eigenvalue weighted by atomic mass is 127. The number of rotatable bonds is 7. The summed E-state index contributed by atoms with van der Waals surface area (Å²) in [6, 6.07) is 7.83. The first kappa shape index (κ1) is 21.5. The summed E-state index contributed by atoms with van der Waals surface area (Å²) in [5.74, 6) is 1.58. The maximum atomic E-state index is 11.4. The summed E-state index contributed by atoms with van der Waals surface area (Å²) in [5.41, 5.74) is 1.06. The van der Waals surface area contributed by atoms with E-state index in [0.29, 0.717) is 25.6 Å². The predicted molar refractivity (Wildman–Crippen MR) is 104 cm³/mol. The lowest BCUT2D eigenvalue weighted by Gasteiger charge is -2.14. The van der Waals surface area contributed by atoms with Crippen molar-refractivity contribution in [2.75, 3.05) is 27.2 Å². The van der Waals surface area contributed by atoms with Crippen LogP contribution in [0.15, 0.2) is 29.3 Å². The number of halogens is 1. The number of hydrogen-bond acceptors (Lipinski definition) is 3. The molecule has 1 aromatic rings. The molecule has 0 aliphatic heterocycles. The molecule has 3 N–H and O–H groups in total. The Balaban J connectivity index is 0.00000484. The average Bonchev–Trinajstić information content (AvgIpc) is 2.54. The van der Waals surface area contributed by atoms with Gasteiger partial charge in [0.15, 0.2) is 5.96 Å². The van der Waals surface area contributed by atoms with Crippen molar-refractivity contribution in [3.8, 4) is 5.75 Å². The number of aliphatic imine (C=N–C) groups is 1. The smallest absolute Gasteiger partial charge is 0.222 e. The Morgan fingerprint density at radius 3 is 2.43 bits per heavy atom. The van der Waals surface area contributed by atoms with E-state index in [0.717, 1.165) is 11.3 Å². The van der Waals surface area contributed by atoms with E-state index in [4.69, 9.17) is 4.74 Å². The van der Waals surface area contributed by atoms with E-state index < -0.39 is 0 Å². The summed E-state index contributed by atoms with van der Waals surface area (Å²) in [5, 5.41) is 9.22. The fourth-order valence-electron chi connectivity index (χ4n) is 1.82. The lowest BCUT2D eigenvalue weighted by molar-refractivity contribution is -0.123. The molecular formula is C16H27IN4O2. The summed E-state index contributed by atoms with van der Waals surface area (Å²) in [4.78, 5) is 15.6. The van der Waals surface area contributed by atoms with Crippen molar-refractivity contribution in [1.82, 2.24) is 16.0 Å². The molecule has 0 saturated carbocycles. The van der Waals surface area contributed by atoms with Crippen LogP contribution in [0.5, 0.6) is 5.75 Å². The third-order valence-corrected chi connectivity index (χ3v) is 3.10. The molecule has 1 aromatic carbocycles. The fourth-order valence-corrected chi connectivity index (χ4v) is 1.82. The first-order valence-electron chi connectivity index (χ1n) is 7.42. The van der Waals surface area contributed by atoms with E-state index in [1.165, 1.54) is 0 Å². The van der Waals surface area contributed by atoms with Gasteiger partial charge in [0, 0.05) is 38.2 Å². The maximum Gasteiger partial charge on any atom is 0.222 e. The number of ether oxygens (including phenoxy) is 1. The summed E-state index contributed by atoms with van der Waals surface area (Å²) in [7, 11) is 3.37. The quantitative estimate of drug-likeness (QED) is 0.265. The van der Waals surface area contributed by atoms with Gasteiger partial charge in [-0.3, -0.25) is 9.79 Å². The van der Waals surface area contributed by atoms with Crippen molar-refractivity contribution < 1.29 is 9.53 Å². The number of guanidine groups is 1. The number of nitrogens with zero attached hydrogens (tertiary/aromatic N) is 1. The Hall–Kier alpha value is -1.51. The van der Waals surface area contributed by atoms with Crippen LogP contribution < -0.4 is 20.7 Å². The van der Waals surface area contributed by atoms with Crippen LogP contribution in [0.1, 0.15) is 19.4 Å². The zero-order valence-corrected chi connectivity index (χ0v) is 16.5. The maximum absolute atomic E-state index is 11.4. The van der Waals surface area contributed by atoms with Crippen molar-refractivity contribution in [2.45, 2.75) is 20.4 Å². The fraction of sp³-hybridized carbons (Fsp3) is 0.500. The number of methoxy groups -OCH3 is 1. The van der Waals surface area contributed by atoms with Crippen molar-refractivity contribution in [3.05, 3.63) is 29.8 Å². The van der Waals surface area contributed by atoms with Gasteiger partial charge in [-0.2, -0.15) is 0 Å². The van der Waals surface area contributed by atoms with Gasteiger partial charge in [-0.05, 0) is 6.07 Å². The highest BCUT2D eigenvalue weighted by molar-refractivity contribution is 14.0. The summed E-state index contributed by atoms with van der Waals surface area (Å²) >= 11 is 0. The molecule has 7 heteroatoms. The summed E-state index contributed by atoms with van der Waals surface area (Å²) < 4.78 is 5.31. The molecule has 0 aliphatic carbocycles. The van der Waals surface area contributed by atoms with Gasteiger partial charge >= 0.3 is 0 Å². The van der Waals surface area contributed by atoms with Crippen LogP contribution >= 0.6 is 24.0 Å². The van der Waals surface area contributed by atoms with Gasteiger partial charge in [-0.1, -0.05) is 32.0 Å². The number of amides is 1. The molecule has 0 radical (unpaired) electrons. The first-order valence-corrected chi connectivity index (χ1v) is 7.42. The SMILES string of the molecule is CN=C(NCCNC(=O)C(C)C)NCc1ccccc1OC.I. The molecule has 6 nitrogen and oxygen atoms in total. The number of para-hydroxylation sites is 1. The Kier molecular flexibility index (Phi) is 11.2. The Labute approximate surface area is 155 Å². The van der Waals surface area contributed by atoms with Gasteiger partial charge in [0.25, 0.3) is 0 Å². The van der Waals surface area contributed by atoms with Crippen LogP contribution in [-0.2, 0) is 11.3 Å². The summed E-state index contributed by atoms with van der Waals surface area (Å²) in [6.07, 6.45) is 0. The molecule has 0 unspecified atom stereocenters. The van der Waals surface area contributed by atoms with E-state index in [-0.39, 0.29) is 35.8 Å². The largest absolute Gasteiger partial charge is 0.496 e. The number of hydrogen-bond donors (Lipinski definition) is 3. The number of carbonyl (C=O) groups is 1. The van der Waals surface area contributed by atoms with Crippen molar-refractivity contribution in [3.63, 3.8) is 0 Å². The van der Waals surface area contributed by atoms with E-state index >= 15 is 0 Å². The Morgan fingerprint density at radius 1 is 1.17 bits per heavy atom. The second kappa shape index (κ2) is 12.0. The normalized spacial score (nSPS) is 10.7. The zero-order valence-electron chi connectivity index (χ0n) is 14.2. The van der Waals surface area contributed by atoms with Gasteiger partial charge in [0.2, 0.25) is 5.91 Å². The Bertz CT molecular complexity index is 507. The van der Waals surface area contributed by atoms with Crippen LogP contribution in [0.2, 0.25) is 0 Å². The van der Waals surface area contributed by atoms with Crippen molar-refractivity contribution in [2.24, 2.45) is 10.9 Å². The van der Waals surface area contributed by atoms with Crippen molar-refractivity contribution >= 4 is 35.8 Å². The molecule has 0 fully saturated rings. The second-order valence-electron chi connectivity index (χ2n) is 5.11. The molecule has 1 amide bonds. The highest BCUT2D eigenvalue weighted by Crippen LogP contribution is 2.16. The third kappa shape index (κ3) is 8.06.